The largest absolute Gasteiger partial charge is 0.502 e. The normalized spacial score (nSPS) is 16.9. The van der Waals surface area contributed by atoms with Gasteiger partial charge in [-0.3, -0.25) is 0 Å². The number of aliphatic hydroxyl groups is 1. The van der Waals surface area contributed by atoms with E-state index in [0.717, 1.165) is 45.9 Å². The Kier molecular flexibility index (Phi) is 16.6. The summed E-state index contributed by atoms with van der Waals surface area (Å²) >= 11 is 0. The molecule has 3 N–H and O–H groups in total. The third-order valence-electron chi connectivity index (χ3n) is 5.18. The first-order chi connectivity index (χ1) is 16.9. The summed E-state index contributed by atoms with van der Waals surface area (Å²) in [5, 5.41) is 14.9. The number of rotatable bonds is 10. The Labute approximate surface area is 205 Å². The van der Waals surface area contributed by atoms with Crippen LogP contribution in [0.15, 0.2) is 73.0 Å². The first-order valence-electron chi connectivity index (χ1n) is 12.5. The van der Waals surface area contributed by atoms with Gasteiger partial charge in [0.25, 0.3) is 0 Å². The molecule has 1 saturated heterocycles. The van der Waals surface area contributed by atoms with Gasteiger partial charge in [0.1, 0.15) is 0 Å². The minimum Gasteiger partial charge on any atom is -0.502 e. The fourth-order valence-corrected chi connectivity index (χ4v) is 3.33. The van der Waals surface area contributed by atoms with Crippen molar-refractivity contribution in [3.8, 4) is 0 Å². The zero-order chi connectivity index (χ0) is 23.9. The topological polar surface area (TPSA) is 72.0 Å². The Morgan fingerprint density at radius 3 is 1.97 bits per heavy atom. The molecule has 1 unspecified atom stereocenters. The Bertz CT molecular complexity index is 714. The van der Waals surface area contributed by atoms with Crippen LogP contribution in [0.25, 0.3) is 0 Å². The standard InChI is InChI=1S/C14H21NO2.C9H13NO.C5H8O/c1-2-6-13(7-3-1)12-15-9-11-17-14-8-4-5-10-16-14;11-7-6-10-8-9-4-2-1-3-5-9;1-2-4-6-5-3-1/h1-3,6-7,14-15H,4-5,8-12H2;1-5,10-11H,6-8H2;2,4H,1,3,5H2. The SMILES string of the molecule is C1=COCCC1.OCCNCc1ccccc1.c1ccc(CNCCOC2CCCCO2)cc1. The molecule has 1 fully saturated rings. The molecule has 0 spiro atoms. The van der Waals surface area contributed by atoms with Crippen LogP contribution >= 0.6 is 0 Å². The number of ether oxygens (including phenoxy) is 3. The zero-order valence-corrected chi connectivity index (χ0v) is 20.4. The monoisotopic (exact) mass is 470 g/mol. The fourth-order valence-electron chi connectivity index (χ4n) is 3.33. The predicted octanol–water partition coefficient (Wildman–Crippen LogP) is 4.40. The van der Waals surface area contributed by atoms with Crippen molar-refractivity contribution in [1.82, 2.24) is 10.6 Å². The molecule has 0 amide bonds. The maximum Gasteiger partial charge on any atom is 0.157 e. The molecule has 4 rings (SSSR count). The van der Waals surface area contributed by atoms with E-state index in [1.807, 2.05) is 30.3 Å². The summed E-state index contributed by atoms with van der Waals surface area (Å²) in [6, 6.07) is 20.5. The van der Waals surface area contributed by atoms with Gasteiger partial charge in [-0.05, 0) is 49.3 Å². The summed E-state index contributed by atoms with van der Waals surface area (Å²) in [4.78, 5) is 0. The molecular weight excluding hydrogens is 428 g/mol. The second-order valence-corrected chi connectivity index (χ2v) is 8.10. The summed E-state index contributed by atoms with van der Waals surface area (Å²) in [5.41, 5.74) is 2.56. The van der Waals surface area contributed by atoms with Gasteiger partial charge < -0.3 is 30.0 Å². The smallest absolute Gasteiger partial charge is 0.157 e. The second kappa shape index (κ2) is 20.2. The van der Waals surface area contributed by atoms with Crippen LogP contribution in [0.5, 0.6) is 0 Å². The highest BCUT2D eigenvalue weighted by Gasteiger charge is 2.13. The Hall–Kier alpha value is -2.22. The average Bonchev–Trinajstić information content (AvgIpc) is 2.92. The molecule has 2 aromatic rings. The van der Waals surface area contributed by atoms with E-state index < -0.39 is 0 Å². The van der Waals surface area contributed by atoms with Crippen LogP contribution in [0.3, 0.4) is 0 Å². The molecule has 6 nitrogen and oxygen atoms in total. The van der Waals surface area contributed by atoms with Crippen molar-refractivity contribution in [3.05, 3.63) is 84.1 Å². The molecule has 0 saturated carbocycles. The van der Waals surface area contributed by atoms with Gasteiger partial charge in [0.2, 0.25) is 0 Å². The van der Waals surface area contributed by atoms with Gasteiger partial charge in [-0.2, -0.15) is 0 Å². The molecule has 0 aromatic heterocycles. The fraction of sp³-hybridized carbons (Fsp3) is 0.500. The molecule has 0 bridgehead atoms. The number of aliphatic hydroxyl groups excluding tert-OH is 1. The van der Waals surface area contributed by atoms with E-state index in [2.05, 4.69) is 47.0 Å². The summed E-state index contributed by atoms with van der Waals surface area (Å²) in [5.74, 6) is 0. The van der Waals surface area contributed by atoms with Crippen LogP contribution in [0.1, 0.15) is 43.2 Å². The minimum absolute atomic E-state index is 0.0299. The van der Waals surface area contributed by atoms with Crippen molar-refractivity contribution in [2.75, 3.05) is 39.5 Å². The van der Waals surface area contributed by atoms with Crippen LogP contribution in [0, 0.1) is 0 Å². The quantitative estimate of drug-likeness (QED) is 0.447. The van der Waals surface area contributed by atoms with Gasteiger partial charge >= 0.3 is 0 Å². The van der Waals surface area contributed by atoms with Gasteiger partial charge in [-0.15, -0.1) is 0 Å². The van der Waals surface area contributed by atoms with E-state index in [0.29, 0.717) is 6.54 Å². The van der Waals surface area contributed by atoms with Gasteiger partial charge in [0, 0.05) is 32.8 Å². The lowest BCUT2D eigenvalue weighted by Crippen LogP contribution is -2.27. The lowest BCUT2D eigenvalue weighted by atomic mass is 10.2. The molecule has 0 radical (unpaired) electrons. The highest BCUT2D eigenvalue weighted by molar-refractivity contribution is 5.14. The zero-order valence-electron chi connectivity index (χ0n) is 20.4. The summed E-state index contributed by atoms with van der Waals surface area (Å²) < 4.78 is 16.0. The first kappa shape index (κ1) is 28.0. The molecule has 34 heavy (non-hydrogen) atoms. The van der Waals surface area contributed by atoms with E-state index >= 15 is 0 Å². The number of allylic oxidation sites excluding steroid dienone is 1. The Morgan fingerprint density at radius 1 is 0.824 bits per heavy atom. The van der Waals surface area contributed by atoms with Crippen molar-refractivity contribution < 1.29 is 19.3 Å². The van der Waals surface area contributed by atoms with Crippen molar-refractivity contribution >= 4 is 0 Å². The predicted molar refractivity (Wildman–Crippen MR) is 137 cm³/mol. The number of benzene rings is 2. The van der Waals surface area contributed by atoms with E-state index in [4.69, 9.17) is 19.3 Å². The van der Waals surface area contributed by atoms with E-state index in [1.54, 1.807) is 6.26 Å². The third-order valence-corrected chi connectivity index (χ3v) is 5.18. The van der Waals surface area contributed by atoms with E-state index in [1.165, 1.54) is 36.8 Å². The maximum atomic E-state index is 8.48. The van der Waals surface area contributed by atoms with Gasteiger partial charge in [-0.1, -0.05) is 60.7 Å². The molecular formula is C28H42N2O4. The van der Waals surface area contributed by atoms with Crippen LogP contribution in [-0.4, -0.2) is 50.9 Å². The van der Waals surface area contributed by atoms with Gasteiger partial charge in [-0.25, -0.2) is 0 Å². The van der Waals surface area contributed by atoms with Crippen LogP contribution in [0.2, 0.25) is 0 Å². The van der Waals surface area contributed by atoms with Crippen molar-refractivity contribution in [2.45, 2.75) is 51.5 Å². The highest BCUT2D eigenvalue weighted by Crippen LogP contribution is 2.13. The maximum absolute atomic E-state index is 8.48. The van der Waals surface area contributed by atoms with Crippen molar-refractivity contribution in [2.24, 2.45) is 0 Å². The van der Waals surface area contributed by atoms with Gasteiger partial charge in [0.05, 0.1) is 26.1 Å². The Morgan fingerprint density at radius 2 is 1.50 bits per heavy atom. The number of hydrogen-bond acceptors (Lipinski definition) is 6. The van der Waals surface area contributed by atoms with Crippen LogP contribution < -0.4 is 10.6 Å². The van der Waals surface area contributed by atoms with Gasteiger partial charge in [0.15, 0.2) is 6.29 Å². The Balaban J connectivity index is 0.000000204. The summed E-state index contributed by atoms with van der Waals surface area (Å²) in [7, 11) is 0. The van der Waals surface area contributed by atoms with E-state index in [9.17, 15) is 0 Å². The molecule has 6 heteroatoms. The minimum atomic E-state index is 0.0299. The molecule has 1 atom stereocenters. The lowest BCUT2D eigenvalue weighted by Gasteiger charge is -2.22. The highest BCUT2D eigenvalue weighted by atomic mass is 16.7. The molecule has 2 aliphatic heterocycles. The van der Waals surface area contributed by atoms with Crippen molar-refractivity contribution in [3.63, 3.8) is 0 Å². The molecule has 2 aromatic carbocycles. The lowest BCUT2D eigenvalue weighted by molar-refractivity contribution is -0.161. The summed E-state index contributed by atoms with van der Waals surface area (Å²) in [6.07, 6.45) is 9.67. The van der Waals surface area contributed by atoms with Crippen molar-refractivity contribution in [1.29, 1.82) is 0 Å². The third kappa shape index (κ3) is 14.8. The number of nitrogens with one attached hydrogen (secondary N) is 2. The molecule has 2 heterocycles. The first-order valence-corrected chi connectivity index (χ1v) is 12.5. The summed E-state index contributed by atoms with van der Waals surface area (Å²) in [6.45, 7) is 5.95. The average molecular weight is 471 g/mol. The second-order valence-electron chi connectivity index (χ2n) is 8.10. The van der Waals surface area contributed by atoms with Crippen LogP contribution in [-0.2, 0) is 27.3 Å². The molecule has 0 aliphatic carbocycles. The van der Waals surface area contributed by atoms with Crippen LogP contribution in [0.4, 0.5) is 0 Å². The molecule has 2 aliphatic rings. The molecule has 188 valence electrons. The number of hydrogen-bond donors (Lipinski definition) is 3. The van der Waals surface area contributed by atoms with E-state index in [-0.39, 0.29) is 12.9 Å².